The highest BCUT2D eigenvalue weighted by Gasteiger charge is 2.31. The molecular formula is C11H20ClNOS. The predicted octanol–water partition coefficient (Wildman–Crippen LogP) is 3.42. The van der Waals surface area contributed by atoms with E-state index in [0.717, 1.165) is 11.5 Å². The third-order valence-electron chi connectivity index (χ3n) is 2.51. The molecule has 0 saturated heterocycles. The van der Waals surface area contributed by atoms with Gasteiger partial charge in [0.2, 0.25) is 0 Å². The minimum Gasteiger partial charge on any atom is -0.367 e. The minimum absolute atomic E-state index is 0.208. The molecule has 0 bridgehead atoms. The molecule has 88 valence electrons. The van der Waals surface area contributed by atoms with E-state index in [4.69, 9.17) is 11.6 Å². The van der Waals surface area contributed by atoms with Crippen LogP contribution in [0.15, 0.2) is 4.99 Å². The van der Waals surface area contributed by atoms with Gasteiger partial charge in [-0.05, 0) is 12.8 Å². The average Bonchev–Trinajstić information content (AvgIpc) is 2.61. The maximum Gasteiger partial charge on any atom is 0.179 e. The number of hydrogen-bond acceptors (Lipinski definition) is 3. The summed E-state index contributed by atoms with van der Waals surface area (Å²) in [6.07, 6.45) is 7.38. The number of halogens is 1. The lowest BCUT2D eigenvalue weighted by Crippen LogP contribution is -2.28. The third kappa shape index (κ3) is 4.75. The van der Waals surface area contributed by atoms with Crippen molar-refractivity contribution in [1.29, 1.82) is 0 Å². The number of nitrogens with zero attached hydrogens (tertiary/aromatic N) is 1. The lowest BCUT2D eigenvalue weighted by Gasteiger charge is -2.12. The highest BCUT2D eigenvalue weighted by molar-refractivity contribution is 8.14. The summed E-state index contributed by atoms with van der Waals surface area (Å²) in [7, 11) is 0. The lowest BCUT2D eigenvalue weighted by molar-refractivity contribution is 0.102. The van der Waals surface area contributed by atoms with E-state index >= 15 is 0 Å². The second-order valence-corrected chi connectivity index (χ2v) is 5.39. The predicted molar refractivity (Wildman–Crippen MR) is 68.9 cm³/mol. The molecule has 0 amide bonds. The Morgan fingerprint density at radius 2 is 2.13 bits per heavy atom. The van der Waals surface area contributed by atoms with Gasteiger partial charge in [0.15, 0.2) is 5.72 Å². The Balaban J connectivity index is 2.15. The molecule has 2 nitrogen and oxygen atoms in total. The Hall–Kier alpha value is 0.270. The fourth-order valence-electron chi connectivity index (χ4n) is 1.57. The Labute approximate surface area is 101 Å². The molecule has 0 spiro atoms. The van der Waals surface area contributed by atoms with E-state index < -0.39 is 5.72 Å². The Morgan fingerprint density at radius 3 is 2.73 bits per heavy atom. The van der Waals surface area contributed by atoms with E-state index in [2.05, 4.69) is 11.9 Å². The van der Waals surface area contributed by atoms with Crippen LogP contribution in [0.1, 0.15) is 45.4 Å². The standard InChI is InChI=1S/C11H20ClNOS/c1-2-3-4-5-6-7-10-13-11(14,8-12)9-15-10/h14H,2-9H2,1H3. The van der Waals surface area contributed by atoms with Gasteiger partial charge in [0, 0.05) is 0 Å². The molecule has 0 aliphatic carbocycles. The molecule has 0 radical (unpaired) electrons. The van der Waals surface area contributed by atoms with E-state index in [-0.39, 0.29) is 5.88 Å². The molecule has 0 aromatic heterocycles. The largest absolute Gasteiger partial charge is 0.367 e. The van der Waals surface area contributed by atoms with Gasteiger partial charge in [-0.3, -0.25) is 0 Å². The van der Waals surface area contributed by atoms with Crippen LogP contribution in [-0.2, 0) is 0 Å². The van der Waals surface area contributed by atoms with Crippen LogP contribution in [0.4, 0.5) is 0 Å². The zero-order chi connectivity index (χ0) is 11.1. The molecule has 1 N–H and O–H groups in total. The summed E-state index contributed by atoms with van der Waals surface area (Å²) in [6.45, 7) is 2.22. The molecule has 4 heteroatoms. The van der Waals surface area contributed by atoms with Crippen LogP contribution >= 0.6 is 23.4 Å². The maximum atomic E-state index is 9.77. The molecule has 15 heavy (non-hydrogen) atoms. The molecule has 1 aliphatic heterocycles. The molecule has 1 heterocycles. The van der Waals surface area contributed by atoms with E-state index in [9.17, 15) is 5.11 Å². The summed E-state index contributed by atoms with van der Waals surface area (Å²) in [5, 5.41) is 10.8. The smallest absolute Gasteiger partial charge is 0.179 e. The zero-order valence-corrected chi connectivity index (χ0v) is 10.9. The van der Waals surface area contributed by atoms with Gasteiger partial charge >= 0.3 is 0 Å². The van der Waals surface area contributed by atoms with Crippen molar-refractivity contribution in [3.8, 4) is 0 Å². The van der Waals surface area contributed by atoms with Crippen molar-refractivity contribution in [3.63, 3.8) is 0 Å². The number of aliphatic hydroxyl groups is 1. The van der Waals surface area contributed by atoms with Crippen molar-refractivity contribution in [1.82, 2.24) is 0 Å². The second-order valence-electron chi connectivity index (χ2n) is 4.07. The van der Waals surface area contributed by atoms with Crippen molar-refractivity contribution in [2.45, 2.75) is 51.2 Å². The number of aliphatic imine (C=N–C) groups is 1. The molecule has 1 atom stereocenters. The molecule has 1 aliphatic rings. The van der Waals surface area contributed by atoms with Crippen molar-refractivity contribution in [2.75, 3.05) is 11.6 Å². The summed E-state index contributed by atoms with van der Waals surface area (Å²) in [5.41, 5.74) is -0.981. The van der Waals surface area contributed by atoms with Gasteiger partial charge in [0.05, 0.1) is 16.7 Å². The lowest BCUT2D eigenvalue weighted by atomic mass is 10.1. The fourth-order valence-corrected chi connectivity index (χ4v) is 2.93. The molecular weight excluding hydrogens is 230 g/mol. The molecule has 0 aromatic rings. The molecule has 0 aromatic carbocycles. The van der Waals surface area contributed by atoms with Crippen LogP contribution in [0.25, 0.3) is 0 Å². The van der Waals surface area contributed by atoms with Crippen molar-refractivity contribution in [2.24, 2.45) is 4.99 Å². The number of thioether (sulfide) groups is 1. The van der Waals surface area contributed by atoms with Gasteiger partial charge in [-0.25, -0.2) is 4.99 Å². The van der Waals surface area contributed by atoms with Crippen molar-refractivity contribution >= 4 is 28.4 Å². The van der Waals surface area contributed by atoms with Crippen LogP contribution < -0.4 is 0 Å². The minimum atomic E-state index is -0.981. The summed E-state index contributed by atoms with van der Waals surface area (Å²) in [4.78, 5) is 4.26. The first-order valence-corrected chi connectivity index (χ1v) is 7.22. The summed E-state index contributed by atoms with van der Waals surface area (Å²) in [5.74, 6) is 0.833. The Bertz CT molecular complexity index is 223. The van der Waals surface area contributed by atoms with Crippen LogP contribution in [0.2, 0.25) is 0 Å². The van der Waals surface area contributed by atoms with Gasteiger partial charge in [0.1, 0.15) is 0 Å². The van der Waals surface area contributed by atoms with E-state index in [1.54, 1.807) is 11.8 Å². The first-order chi connectivity index (χ1) is 7.20. The van der Waals surface area contributed by atoms with Crippen LogP contribution in [0.3, 0.4) is 0 Å². The molecule has 1 unspecified atom stereocenters. The summed E-state index contributed by atoms with van der Waals surface area (Å²) in [6, 6.07) is 0. The summed E-state index contributed by atoms with van der Waals surface area (Å²) < 4.78 is 0. The van der Waals surface area contributed by atoms with Crippen LogP contribution in [0, 0.1) is 0 Å². The van der Waals surface area contributed by atoms with Gasteiger partial charge in [-0.15, -0.1) is 23.4 Å². The Morgan fingerprint density at radius 1 is 1.40 bits per heavy atom. The van der Waals surface area contributed by atoms with E-state index in [1.807, 2.05) is 0 Å². The zero-order valence-electron chi connectivity index (χ0n) is 9.34. The second kappa shape index (κ2) is 6.77. The molecule has 0 fully saturated rings. The maximum absolute atomic E-state index is 9.77. The van der Waals surface area contributed by atoms with Gasteiger partial charge in [0.25, 0.3) is 0 Å². The van der Waals surface area contributed by atoms with Crippen molar-refractivity contribution < 1.29 is 5.11 Å². The number of hydrogen-bond donors (Lipinski definition) is 1. The highest BCUT2D eigenvalue weighted by atomic mass is 35.5. The normalized spacial score (nSPS) is 25.7. The number of unbranched alkanes of at least 4 members (excludes halogenated alkanes) is 4. The van der Waals surface area contributed by atoms with Crippen molar-refractivity contribution in [3.05, 3.63) is 0 Å². The van der Waals surface area contributed by atoms with Crippen LogP contribution in [0.5, 0.6) is 0 Å². The summed E-state index contributed by atoms with van der Waals surface area (Å²) >= 11 is 7.30. The Kier molecular flexibility index (Phi) is 6.02. The van der Waals surface area contributed by atoms with Gasteiger partial charge < -0.3 is 5.11 Å². The SMILES string of the molecule is CCCCCCCC1=NC(O)(CCl)CS1. The third-order valence-corrected chi connectivity index (χ3v) is 4.17. The topological polar surface area (TPSA) is 32.6 Å². The first kappa shape index (κ1) is 13.3. The number of alkyl halides is 1. The quantitative estimate of drug-likeness (QED) is 0.554. The number of rotatable bonds is 7. The average molecular weight is 250 g/mol. The fraction of sp³-hybridized carbons (Fsp3) is 0.909. The first-order valence-electron chi connectivity index (χ1n) is 5.70. The molecule has 0 saturated carbocycles. The molecule has 1 rings (SSSR count). The van der Waals surface area contributed by atoms with Gasteiger partial charge in [-0.2, -0.15) is 0 Å². The monoisotopic (exact) mass is 249 g/mol. The van der Waals surface area contributed by atoms with E-state index in [1.165, 1.54) is 32.1 Å². The van der Waals surface area contributed by atoms with Gasteiger partial charge in [-0.1, -0.05) is 32.6 Å². The highest BCUT2D eigenvalue weighted by Crippen LogP contribution is 2.29. The van der Waals surface area contributed by atoms with Crippen LogP contribution in [-0.4, -0.2) is 27.5 Å². The van der Waals surface area contributed by atoms with E-state index in [0.29, 0.717) is 5.75 Å².